The summed E-state index contributed by atoms with van der Waals surface area (Å²) in [5.41, 5.74) is -0.106. The van der Waals surface area contributed by atoms with Gasteiger partial charge >= 0.3 is 0 Å². The zero-order valence-electron chi connectivity index (χ0n) is 8.44. The summed E-state index contributed by atoms with van der Waals surface area (Å²) in [7, 11) is 0. The van der Waals surface area contributed by atoms with Gasteiger partial charge in [0.05, 0.1) is 24.4 Å². The highest BCUT2D eigenvalue weighted by molar-refractivity contribution is 5.54. The molecule has 0 spiro atoms. The van der Waals surface area contributed by atoms with Crippen LogP contribution in [-0.2, 0) is 0 Å². The number of aromatic nitrogens is 1. The highest BCUT2D eigenvalue weighted by Gasteiger charge is 2.23. The second-order valence-electron chi connectivity index (χ2n) is 3.51. The van der Waals surface area contributed by atoms with Crippen LogP contribution in [0.5, 0.6) is 0 Å². The Balaban J connectivity index is 2.94. The molecular formula is C10H13N3O2. The normalized spacial score (nSPS) is 10.8. The summed E-state index contributed by atoms with van der Waals surface area (Å²) in [6.07, 6.45) is 1.51. The fourth-order valence-corrected chi connectivity index (χ4v) is 1.05. The largest absolute Gasteiger partial charge is 0.394 e. The third-order valence-electron chi connectivity index (χ3n) is 2.05. The Kier molecular flexibility index (Phi) is 3.61. The summed E-state index contributed by atoms with van der Waals surface area (Å²) in [6.45, 7) is 1.19. The maximum atomic E-state index is 9.08. The fourth-order valence-electron chi connectivity index (χ4n) is 1.05. The number of hydrogen-bond acceptors (Lipinski definition) is 5. The van der Waals surface area contributed by atoms with Crippen LogP contribution in [0, 0.1) is 11.3 Å². The van der Waals surface area contributed by atoms with Crippen LogP contribution < -0.4 is 5.32 Å². The Morgan fingerprint density at radius 1 is 1.53 bits per heavy atom. The summed E-state index contributed by atoms with van der Waals surface area (Å²) in [6, 6.07) is 5.28. The first-order valence-electron chi connectivity index (χ1n) is 4.50. The van der Waals surface area contributed by atoms with Crippen molar-refractivity contribution in [2.45, 2.75) is 12.5 Å². The molecule has 0 fully saturated rings. The fraction of sp³-hybridized carbons (Fsp3) is 0.400. The third kappa shape index (κ3) is 2.65. The van der Waals surface area contributed by atoms with E-state index in [1.165, 1.54) is 6.20 Å². The highest BCUT2D eigenvalue weighted by Crippen LogP contribution is 2.17. The third-order valence-corrected chi connectivity index (χ3v) is 2.05. The molecule has 1 heterocycles. The van der Waals surface area contributed by atoms with E-state index in [4.69, 9.17) is 15.5 Å². The number of aliphatic hydroxyl groups is 2. The van der Waals surface area contributed by atoms with Gasteiger partial charge in [0.25, 0.3) is 0 Å². The van der Waals surface area contributed by atoms with Crippen molar-refractivity contribution in [1.82, 2.24) is 4.98 Å². The van der Waals surface area contributed by atoms with Crippen LogP contribution in [0.25, 0.3) is 0 Å². The number of nitrogens with zero attached hydrogens (tertiary/aromatic N) is 2. The smallest absolute Gasteiger partial charge is 0.163 e. The van der Waals surface area contributed by atoms with Gasteiger partial charge in [-0.3, -0.25) is 0 Å². The van der Waals surface area contributed by atoms with Crippen molar-refractivity contribution in [2.24, 2.45) is 0 Å². The summed E-state index contributed by atoms with van der Waals surface area (Å²) < 4.78 is 0. The number of nitriles is 1. The lowest BCUT2D eigenvalue weighted by atomic mass is 10.0. The number of nitrogens with one attached hydrogen (secondary N) is 1. The molecule has 0 aliphatic carbocycles. The van der Waals surface area contributed by atoms with E-state index in [-0.39, 0.29) is 18.9 Å². The Morgan fingerprint density at radius 3 is 2.73 bits per heavy atom. The number of hydrogen-bond donors (Lipinski definition) is 3. The summed E-state index contributed by atoms with van der Waals surface area (Å²) in [5, 5.41) is 29.8. The number of anilines is 1. The molecule has 0 amide bonds. The molecule has 1 rings (SSSR count). The number of rotatable bonds is 4. The Labute approximate surface area is 88.0 Å². The molecule has 5 nitrogen and oxygen atoms in total. The van der Waals surface area contributed by atoms with E-state index in [0.29, 0.717) is 5.69 Å². The van der Waals surface area contributed by atoms with Crippen LogP contribution in [0.3, 0.4) is 0 Å². The zero-order valence-corrected chi connectivity index (χ0v) is 8.44. The zero-order chi connectivity index (χ0) is 11.3. The first kappa shape index (κ1) is 11.4. The van der Waals surface area contributed by atoms with E-state index < -0.39 is 5.54 Å². The van der Waals surface area contributed by atoms with Gasteiger partial charge in [0.2, 0.25) is 0 Å². The van der Waals surface area contributed by atoms with Crippen LogP contribution in [0.2, 0.25) is 0 Å². The van der Waals surface area contributed by atoms with Crippen molar-refractivity contribution in [3.8, 4) is 6.07 Å². The number of aliphatic hydroxyl groups excluding tert-OH is 2. The standard InChI is InChI=1S/C10H13N3O2/c1-10(6-14,7-15)13-8-3-2-4-12-9(8)5-11/h2-4,13-15H,6-7H2,1H3. The lowest BCUT2D eigenvalue weighted by Gasteiger charge is -2.27. The molecule has 0 saturated heterocycles. The first-order chi connectivity index (χ1) is 7.15. The van der Waals surface area contributed by atoms with Crippen molar-refractivity contribution in [2.75, 3.05) is 18.5 Å². The molecule has 80 valence electrons. The van der Waals surface area contributed by atoms with Crippen molar-refractivity contribution >= 4 is 5.69 Å². The van der Waals surface area contributed by atoms with Crippen LogP contribution in [-0.4, -0.2) is 33.9 Å². The second kappa shape index (κ2) is 4.73. The molecule has 0 atom stereocenters. The predicted octanol–water partition coefficient (Wildman–Crippen LogP) is 0.108. The van der Waals surface area contributed by atoms with Crippen LogP contribution >= 0.6 is 0 Å². The van der Waals surface area contributed by atoms with E-state index in [0.717, 1.165) is 0 Å². The average Bonchev–Trinajstić information content (AvgIpc) is 2.29. The summed E-state index contributed by atoms with van der Waals surface area (Å²) >= 11 is 0. The molecule has 1 aromatic heterocycles. The van der Waals surface area contributed by atoms with Gasteiger partial charge in [-0.1, -0.05) is 0 Å². The lowest BCUT2D eigenvalue weighted by Crippen LogP contribution is -2.42. The van der Waals surface area contributed by atoms with Gasteiger partial charge < -0.3 is 15.5 Å². The molecule has 0 aromatic carbocycles. The van der Waals surface area contributed by atoms with E-state index in [1.807, 2.05) is 6.07 Å². The minimum Gasteiger partial charge on any atom is -0.394 e. The van der Waals surface area contributed by atoms with Crippen molar-refractivity contribution in [3.63, 3.8) is 0 Å². The molecule has 0 bridgehead atoms. The SMILES string of the molecule is CC(CO)(CO)Nc1cccnc1C#N. The molecule has 5 heteroatoms. The molecule has 0 unspecified atom stereocenters. The van der Waals surface area contributed by atoms with Crippen molar-refractivity contribution < 1.29 is 10.2 Å². The molecule has 0 radical (unpaired) electrons. The summed E-state index contributed by atoms with van der Waals surface area (Å²) in [5.74, 6) is 0. The second-order valence-corrected chi connectivity index (χ2v) is 3.51. The highest BCUT2D eigenvalue weighted by atomic mass is 16.3. The predicted molar refractivity (Wildman–Crippen MR) is 55.2 cm³/mol. The van der Waals surface area contributed by atoms with Gasteiger partial charge in [0, 0.05) is 6.20 Å². The Bertz CT molecular complexity index is 369. The van der Waals surface area contributed by atoms with Crippen LogP contribution in [0.4, 0.5) is 5.69 Å². The molecular weight excluding hydrogens is 194 g/mol. The monoisotopic (exact) mass is 207 g/mol. The Morgan fingerprint density at radius 2 is 2.20 bits per heavy atom. The van der Waals surface area contributed by atoms with Gasteiger partial charge in [-0.15, -0.1) is 0 Å². The molecule has 3 N–H and O–H groups in total. The molecule has 1 aromatic rings. The minimum atomic E-state index is -0.853. The van der Waals surface area contributed by atoms with E-state index in [9.17, 15) is 0 Å². The lowest BCUT2D eigenvalue weighted by molar-refractivity contribution is 0.147. The average molecular weight is 207 g/mol. The molecule has 15 heavy (non-hydrogen) atoms. The van der Waals surface area contributed by atoms with Gasteiger partial charge in [0.1, 0.15) is 6.07 Å². The van der Waals surface area contributed by atoms with Gasteiger partial charge in [0.15, 0.2) is 5.69 Å². The van der Waals surface area contributed by atoms with Gasteiger partial charge in [-0.05, 0) is 19.1 Å². The number of pyridine rings is 1. The molecule has 0 saturated carbocycles. The van der Waals surface area contributed by atoms with Crippen LogP contribution in [0.1, 0.15) is 12.6 Å². The van der Waals surface area contributed by atoms with Crippen molar-refractivity contribution in [3.05, 3.63) is 24.0 Å². The maximum Gasteiger partial charge on any atom is 0.163 e. The topological polar surface area (TPSA) is 89.2 Å². The van der Waals surface area contributed by atoms with E-state index in [2.05, 4.69) is 10.3 Å². The van der Waals surface area contributed by atoms with Crippen LogP contribution in [0.15, 0.2) is 18.3 Å². The molecule has 0 aliphatic rings. The van der Waals surface area contributed by atoms with E-state index >= 15 is 0 Å². The quantitative estimate of drug-likeness (QED) is 0.652. The van der Waals surface area contributed by atoms with Gasteiger partial charge in [-0.2, -0.15) is 5.26 Å². The summed E-state index contributed by atoms with van der Waals surface area (Å²) in [4.78, 5) is 3.86. The molecule has 0 aliphatic heterocycles. The first-order valence-corrected chi connectivity index (χ1v) is 4.50. The Hall–Kier alpha value is -1.64. The van der Waals surface area contributed by atoms with E-state index in [1.54, 1.807) is 19.1 Å². The maximum absolute atomic E-state index is 9.08. The van der Waals surface area contributed by atoms with Crippen molar-refractivity contribution in [1.29, 1.82) is 5.26 Å². The van der Waals surface area contributed by atoms with Gasteiger partial charge in [-0.25, -0.2) is 4.98 Å². The minimum absolute atomic E-state index is 0.233.